The highest BCUT2D eigenvalue weighted by molar-refractivity contribution is 5.98. The van der Waals surface area contributed by atoms with Gasteiger partial charge in [0.2, 0.25) is 11.7 Å². The molecule has 1 heterocycles. The van der Waals surface area contributed by atoms with Crippen LogP contribution in [0, 0.1) is 0 Å². The Hall–Kier alpha value is -4.73. The lowest BCUT2D eigenvalue weighted by molar-refractivity contribution is 0.0946. The van der Waals surface area contributed by atoms with Gasteiger partial charge in [0.05, 0.1) is 35.5 Å². The molecule has 4 rings (SSSR count). The maximum atomic E-state index is 13.7. The summed E-state index contributed by atoms with van der Waals surface area (Å²) < 4.78 is 27.9. The monoisotopic (exact) mass is 504 g/mol. The Kier molecular flexibility index (Phi) is 7.77. The summed E-state index contributed by atoms with van der Waals surface area (Å²) in [5.74, 6) is 2.78. The van der Waals surface area contributed by atoms with Crippen molar-refractivity contribution in [2.24, 2.45) is 0 Å². The van der Waals surface area contributed by atoms with Crippen LogP contribution in [-0.4, -0.2) is 56.2 Å². The lowest BCUT2D eigenvalue weighted by Gasteiger charge is -2.14. The van der Waals surface area contributed by atoms with E-state index < -0.39 is 5.91 Å². The molecule has 0 atom stereocenters. The first kappa shape index (κ1) is 25.4. The maximum absolute atomic E-state index is 13.7. The molecule has 1 N–H and O–H groups in total. The van der Waals surface area contributed by atoms with Gasteiger partial charge in [-0.2, -0.15) is 9.67 Å². The van der Waals surface area contributed by atoms with Gasteiger partial charge in [0.1, 0.15) is 11.5 Å². The standard InChI is InChI=1S/C27H28N4O6/c1-33-20-10-6-17(7-11-20)16-28-27-29-25(18-8-12-21(34-2)13-9-18)30-31(27)26(32)19-14-22(35-3)24(37-5)23(15-19)36-4/h6-15H,16H2,1-5H3,(H,28,29,30). The molecule has 1 aromatic heterocycles. The Bertz CT molecular complexity index is 1340. The van der Waals surface area contributed by atoms with E-state index in [1.165, 1.54) is 26.0 Å². The van der Waals surface area contributed by atoms with Crippen LogP contribution in [0.25, 0.3) is 11.4 Å². The van der Waals surface area contributed by atoms with E-state index >= 15 is 0 Å². The molecule has 0 aliphatic heterocycles. The van der Waals surface area contributed by atoms with Crippen molar-refractivity contribution in [2.45, 2.75) is 6.54 Å². The smallest absolute Gasteiger partial charge is 0.281 e. The second-order valence-electron chi connectivity index (χ2n) is 7.82. The van der Waals surface area contributed by atoms with Crippen molar-refractivity contribution in [3.8, 4) is 40.1 Å². The number of hydrogen-bond donors (Lipinski definition) is 1. The number of nitrogens with zero attached hydrogens (tertiary/aromatic N) is 3. The number of carbonyl (C=O) groups is 1. The van der Waals surface area contributed by atoms with Crippen LogP contribution in [0.4, 0.5) is 5.95 Å². The zero-order valence-electron chi connectivity index (χ0n) is 21.3. The number of methoxy groups -OCH3 is 5. The zero-order chi connectivity index (χ0) is 26.4. The van der Waals surface area contributed by atoms with Gasteiger partial charge in [-0.05, 0) is 54.1 Å². The fraction of sp³-hybridized carbons (Fsp3) is 0.222. The average Bonchev–Trinajstić information content (AvgIpc) is 3.39. The van der Waals surface area contributed by atoms with Gasteiger partial charge in [-0.25, -0.2) is 0 Å². The summed E-state index contributed by atoms with van der Waals surface area (Å²) in [6.07, 6.45) is 0. The van der Waals surface area contributed by atoms with Gasteiger partial charge in [0.15, 0.2) is 17.3 Å². The van der Waals surface area contributed by atoms with E-state index in [2.05, 4.69) is 15.4 Å². The lowest BCUT2D eigenvalue weighted by Crippen LogP contribution is -2.18. The molecule has 0 amide bonds. The number of aromatic nitrogens is 3. The molecule has 0 saturated heterocycles. The van der Waals surface area contributed by atoms with Crippen LogP contribution in [0.1, 0.15) is 15.9 Å². The van der Waals surface area contributed by atoms with Crippen LogP contribution in [-0.2, 0) is 6.54 Å². The molecule has 4 aromatic rings. The molecular weight excluding hydrogens is 476 g/mol. The van der Waals surface area contributed by atoms with Crippen molar-refractivity contribution in [3.63, 3.8) is 0 Å². The van der Waals surface area contributed by atoms with E-state index in [-0.39, 0.29) is 11.5 Å². The van der Waals surface area contributed by atoms with Gasteiger partial charge in [-0.1, -0.05) is 12.1 Å². The van der Waals surface area contributed by atoms with Crippen LogP contribution in [0.2, 0.25) is 0 Å². The number of nitrogens with one attached hydrogen (secondary N) is 1. The second-order valence-corrected chi connectivity index (χ2v) is 7.82. The topological polar surface area (TPSA) is 106 Å². The molecule has 0 radical (unpaired) electrons. The van der Waals surface area contributed by atoms with Crippen molar-refractivity contribution in [3.05, 3.63) is 71.8 Å². The summed E-state index contributed by atoms with van der Waals surface area (Å²) in [5.41, 5.74) is 1.99. The molecule has 192 valence electrons. The van der Waals surface area contributed by atoms with E-state index in [9.17, 15) is 4.79 Å². The van der Waals surface area contributed by atoms with E-state index in [0.29, 0.717) is 35.4 Å². The highest BCUT2D eigenvalue weighted by Crippen LogP contribution is 2.38. The Labute approximate surface area is 214 Å². The molecule has 0 unspecified atom stereocenters. The minimum absolute atomic E-state index is 0.278. The fourth-order valence-electron chi connectivity index (χ4n) is 3.68. The normalized spacial score (nSPS) is 10.5. The first-order valence-electron chi connectivity index (χ1n) is 11.3. The number of rotatable bonds is 10. The van der Waals surface area contributed by atoms with Crippen LogP contribution in [0.15, 0.2) is 60.7 Å². The quantitative estimate of drug-likeness (QED) is 0.339. The maximum Gasteiger partial charge on any atom is 0.281 e. The van der Waals surface area contributed by atoms with E-state index in [1.54, 1.807) is 26.4 Å². The average molecular weight is 505 g/mol. The summed E-state index contributed by atoms with van der Waals surface area (Å²) in [4.78, 5) is 18.3. The highest BCUT2D eigenvalue weighted by Gasteiger charge is 2.23. The third kappa shape index (κ3) is 5.43. The fourth-order valence-corrected chi connectivity index (χ4v) is 3.68. The molecule has 3 aromatic carbocycles. The minimum atomic E-state index is -0.427. The largest absolute Gasteiger partial charge is 0.497 e. The Morgan fingerprint density at radius 1 is 0.784 bits per heavy atom. The van der Waals surface area contributed by atoms with Gasteiger partial charge in [0.25, 0.3) is 5.91 Å². The molecule has 10 nitrogen and oxygen atoms in total. The molecule has 10 heteroatoms. The van der Waals surface area contributed by atoms with E-state index in [0.717, 1.165) is 16.9 Å². The second kappa shape index (κ2) is 11.3. The molecule has 0 aliphatic rings. The van der Waals surface area contributed by atoms with E-state index in [4.69, 9.17) is 23.7 Å². The first-order valence-corrected chi connectivity index (χ1v) is 11.3. The predicted octanol–water partition coefficient (Wildman–Crippen LogP) is 4.29. The van der Waals surface area contributed by atoms with Crippen LogP contribution < -0.4 is 29.0 Å². The summed E-state index contributed by atoms with van der Waals surface area (Å²) >= 11 is 0. The minimum Gasteiger partial charge on any atom is -0.497 e. The van der Waals surface area contributed by atoms with Gasteiger partial charge in [0, 0.05) is 17.7 Å². The number of ether oxygens (including phenoxy) is 5. The summed E-state index contributed by atoms with van der Waals surface area (Å²) in [6, 6.07) is 18.0. The lowest BCUT2D eigenvalue weighted by atomic mass is 10.1. The SMILES string of the molecule is COc1ccc(CNc2nc(-c3ccc(OC)cc3)nn2C(=O)c2cc(OC)c(OC)c(OC)c2)cc1. The molecular formula is C27H28N4O6. The van der Waals surface area contributed by atoms with Crippen molar-refractivity contribution in [1.82, 2.24) is 14.8 Å². The first-order chi connectivity index (χ1) is 18.0. The molecule has 0 spiro atoms. The highest BCUT2D eigenvalue weighted by atomic mass is 16.5. The van der Waals surface area contributed by atoms with E-state index in [1.807, 2.05) is 48.5 Å². The predicted molar refractivity (Wildman–Crippen MR) is 138 cm³/mol. The van der Waals surface area contributed by atoms with Crippen LogP contribution in [0.3, 0.4) is 0 Å². The summed E-state index contributed by atoms with van der Waals surface area (Å²) in [6.45, 7) is 0.410. The third-order valence-electron chi connectivity index (χ3n) is 5.67. The molecule has 0 bridgehead atoms. The summed E-state index contributed by atoms with van der Waals surface area (Å²) in [7, 11) is 7.70. The molecule has 0 aliphatic carbocycles. The van der Waals surface area contributed by atoms with Crippen LogP contribution >= 0.6 is 0 Å². The van der Waals surface area contributed by atoms with Crippen LogP contribution in [0.5, 0.6) is 28.7 Å². The Morgan fingerprint density at radius 3 is 1.86 bits per heavy atom. The number of anilines is 1. The van der Waals surface area contributed by atoms with Gasteiger partial charge in [-0.3, -0.25) is 4.79 Å². The van der Waals surface area contributed by atoms with Crippen molar-refractivity contribution in [1.29, 1.82) is 0 Å². The van der Waals surface area contributed by atoms with Gasteiger partial charge in [-0.15, -0.1) is 5.10 Å². The number of benzene rings is 3. The number of hydrogen-bond acceptors (Lipinski definition) is 9. The third-order valence-corrected chi connectivity index (χ3v) is 5.67. The number of carbonyl (C=O) groups excluding carboxylic acids is 1. The van der Waals surface area contributed by atoms with Gasteiger partial charge >= 0.3 is 0 Å². The molecule has 0 saturated carbocycles. The Balaban J connectivity index is 1.73. The van der Waals surface area contributed by atoms with Gasteiger partial charge < -0.3 is 29.0 Å². The zero-order valence-corrected chi connectivity index (χ0v) is 21.3. The Morgan fingerprint density at radius 2 is 1.35 bits per heavy atom. The van der Waals surface area contributed by atoms with Crippen molar-refractivity contribution >= 4 is 11.9 Å². The van der Waals surface area contributed by atoms with Crippen molar-refractivity contribution < 1.29 is 28.5 Å². The molecule has 0 fully saturated rings. The molecule has 37 heavy (non-hydrogen) atoms. The summed E-state index contributed by atoms with van der Waals surface area (Å²) in [5, 5.41) is 7.75. The van der Waals surface area contributed by atoms with Crippen molar-refractivity contribution in [2.75, 3.05) is 40.9 Å².